The monoisotopic (exact) mass is 216 g/mol. The maximum Gasteiger partial charge on any atom is 0.346 e. The Morgan fingerprint density at radius 2 is 2.36 bits per heavy atom. The summed E-state index contributed by atoms with van der Waals surface area (Å²) in [6.07, 6.45) is 0.688. The lowest BCUT2D eigenvalue weighted by atomic mass is 10.4. The molecule has 0 saturated heterocycles. The van der Waals surface area contributed by atoms with E-state index >= 15 is 0 Å². The molecule has 0 fully saturated rings. The lowest BCUT2D eigenvalue weighted by molar-refractivity contribution is -0.148. The van der Waals surface area contributed by atoms with Crippen LogP contribution >= 0.6 is 11.6 Å². The fraction of sp³-hybridized carbons (Fsp3) is 0.375. The Bertz CT molecular complexity index is 332. The molecular formula is C8H9ClN2O3. The van der Waals surface area contributed by atoms with Gasteiger partial charge in [0.15, 0.2) is 6.10 Å². The van der Waals surface area contributed by atoms with Crippen LogP contribution in [0.2, 0.25) is 5.15 Å². The van der Waals surface area contributed by atoms with Crippen LogP contribution < -0.4 is 4.74 Å². The molecule has 1 heterocycles. The van der Waals surface area contributed by atoms with Crippen LogP contribution in [0.1, 0.15) is 6.92 Å². The van der Waals surface area contributed by atoms with Crippen LogP contribution in [0.5, 0.6) is 6.01 Å². The molecule has 14 heavy (non-hydrogen) atoms. The number of carbonyl (C=O) groups is 1. The molecule has 0 bridgehead atoms. The Balaban J connectivity index is 2.64. The summed E-state index contributed by atoms with van der Waals surface area (Å²) in [4.78, 5) is 18.5. The molecule has 0 saturated carbocycles. The Labute approximate surface area is 86.0 Å². The molecule has 1 unspecified atom stereocenters. The van der Waals surface area contributed by atoms with Crippen molar-refractivity contribution in [3.8, 4) is 6.01 Å². The maximum atomic E-state index is 11.0. The topological polar surface area (TPSA) is 61.3 Å². The lowest BCUT2D eigenvalue weighted by Gasteiger charge is -2.09. The number of nitrogens with zero attached hydrogens (tertiary/aromatic N) is 2. The lowest BCUT2D eigenvalue weighted by Crippen LogP contribution is -2.25. The molecule has 0 amide bonds. The van der Waals surface area contributed by atoms with E-state index in [4.69, 9.17) is 16.3 Å². The molecule has 1 aromatic rings. The number of hydrogen-bond acceptors (Lipinski definition) is 5. The van der Waals surface area contributed by atoms with Crippen LogP contribution in [0.25, 0.3) is 0 Å². The minimum absolute atomic E-state index is 0.0513. The highest BCUT2D eigenvalue weighted by atomic mass is 35.5. The average Bonchev–Trinajstić information content (AvgIpc) is 2.16. The minimum Gasteiger partial charge on any atom is -0.466 e. The van der Waals surface area contributed by atoms with E-state index in [0.717, 1.165) is 0 Å². The number of hydrogen-bond donors (Lipinski definition) is 0. The first-order chi connectivity index (χ1) is 6.63. The minimum atomic E-state index is -0.751. The van der Waals surface area contributed by atoms with E-state index in [2.05, 4.69) is 14.7 Å². The van der Waals surface area contributed by atoms with Crippen molar-refractivity contribution < 1.29 is 14.3 Å². The van der Waals surface area contributed by atoms with Gasteiger partial charge in [-0.15, -0.1) is 0 Å². The van der Waals surface area contributed by atoms with Gasteiger partial charge in [-0.05, 0) is 13.0 Å². The predicted octanol–water partition coefficient (Wildman–Crippen LogP) is 1.07. The Kier molecular flexibility index (Phi) is 3.64. The zero-order chi connectivity index (χ0) is 10.6. The molecule has 76 valence electrons. The van der Waals surface area contributed by atoms with Gasteiger partial charge < -0.3 is 9.47 Å². The number of halogens is 1. The van der Waals surface area contributed by atoms with Crippen molar-refractivity contribution in [1.82, 2.24) is 9.97 Å². The fourth-order valence-electron chi connectivity index (χ4n) is 0.749. The normalized spacial score (nSPS) is 11.9. The second kappa shape index (κ2) is 4.76. The van der Waals surface area contributed by atoms with Gasteiger partial charge in [-0.1, -0.05) is 11.6 Å². The molecule has 0 aromatic carbocycles. The highest BCUT2D eigenvalue weighted by Gasteiger charge is 2.15. The summed E-state index contributed by atoms with van der Waals surface area (Å²) in [5.41, 5.74) is 0. The Hall–Kier alpha value is -1.36. The van der Waals surface area contributed by atoms with Crippen LogP contribution in [0.4, 0.5) is 0 Å². The fourth-order valence-corrected chi connectivity index (χ4v) is 0.878. The van der Waals surface area contributed by atoms with Gasteiger partial charge in [-0.2, -0.15) is 4.98 Å². The first-order valence-corrected chi connectivity index (χ1v) is 4.24. The molecule has 0 radical (unpaired) electrons. The summed E-state index contributed by atoms with van der Waals surface area (Å²) >= 11 is 5.59. The zero-order valence-corrected chi connectivity index (χ0v) is 8.49. The molecular weight excluding hydrogens is 208 g/mol. The molecule has 5 nitrogen and oxygen atoms in total. The van der Waals surface area contributed by atoms with Crippen molar-refractivity contribution >= 4 is 17.6 Å². The van der Waals surface area contributed by atoms with Crippen LogP contribution in [0.3, 0.4) is 0 Å². The third-order valence-electron chi connectivity index (χ3n) is 1.41. The van der Waals surface area contributed by atoms with Gasteiger partial charge in [-0.3, -0.25) is 0 Å². The highest BCUT2D eigenvalue weighted by molar-refractivity contribution is 6.29. The van der Waals surface area contributed by atoms with Crippen LogP contribution in [0.15, 0.2) is 12.3 Å². The third kappa shape index (κ3) is 2.85. The second-order valence-electron chi connectivity index (χ2n) is 2.45. The zero-order valence-electron chi connectivity index (χ0n) is 7.73. The SMILES string of the molecule is COC(=O)C(C)Oc1nccc(Cl)n1. The third-order valence-corrected chi connectivity index (χ3v) is 1.63. The van der Waals surface area contributed by atoms with Crippen LogP contribution in [-0.4, -0.2) is 29.2 Å². The summed E-state index contributed by atoms with van der Waals surface area (Å²) in [6.45, 7) is 1.54. The molecule has 1 atom stereocenters. The van der Waals surface area contributed by atoms with Gasteiger partial charge in [0.25, 0.3) is 0 Å². The van der Waals surface area contributed by atoms with E-state index < -0.39 is 12.1 Å². The molecule has 0 aliphatic carbocycles. The molecule has 1 aromatic heterocycles. The van der Waals surface area contributed by atoms with Gasteiger partial charge in [-0.25, -0.2) is 9.78 Å². The van der Waals surface area contributed by atoms with Gasteiger partial charge >= 0.3 is 12.0 Å². The van der Waals surface area contributed by atoms with Crippen molar-refractivity contribution in [1.29, 1.82) is 0 Å². The average molecular weight is 217 g/mol. The van der Waals surface area contributed by atoms with E-state index in [0.29, 0.717) is 0 Å². The van der Waals surface area contributed by atoms with Gasteiger partial charge in [0, 0.05) is 6.20 Å². The second-order valence-corrected chi connectivity index (χ2v) is 2.83. The van der Waals surface area contributed by atoms with Crippen molar-refractivity contribution in [2.45, 2.75) is 13.0 Å². The number of carbonyl (C=O) groups excluding carboxylic acids is 1. The van der Waals surface area contributed by atoms with Crippen molar-refractivity contribution in [3.05, 3.63) is 17.4 Å². The molecule has 6 heteroatoms. The Morgan fingerprint density at radius 3 is 2.93 bits per heavy atom. The number of aromatic nitrogens is 2. The summed E-state index contributed by atoms with van der Waals surface area (Å²) < 4.78 is 9.53. The largest absolute Gasteiger partial charge is 0.466 e. The van der Waals surface area contributed by atoms with E-state index in [1.54, 1.807) is 0 Å². The summed E-state index contributed by atoms with van der Waals surface area (Å²) in [6, 6.07) is 1.56. The van der Waals surface area contributed by atoms with Gasteiger partial charge in [0.2, 0.25) is 0 Å². The van der Waals surface area contributed by atoms with Crippen molar-refractivity contribution in [2.75, 3.05) is 7.11 Å². The van der Waals surface area contributed by atoms with Gasteiger partial charge in [0.1, 0.15) is 5.15 Å². The molecule has 0 N–H and O–H groups in total. The van der Waals surface area contributed by atoms with Crippen LogP contribution in [-0.2, 0) is 9.53 Å². The number of ether oxygens (including phenoxy) is 2. The summed E-state index contributed by atoms with van der Waals surface area (Å²) in [5.74, 6) is -0.492. The van der Waals surface area contributed by atoms with E-state index in [1.807, 2.05) is 0 Å². The van der Waals surface area contributed by atoms with E-state index in [9.17, 15) is 4.79 Å². The maximum absolute atomic E-state index is 11.0. The quantitative estimate of drug-likeness (QED) is 0.559. The van der Waals surface area contributed by atoms with Crippen LogP contribution in [0, 0.1) is 0 Å². The number of esters is 1. The smallest absolute Gasteiger partial charge is 0.346 e. The Morgan fingerprint density at radius 1 is 1.64 bits per heavy atom. The van der Waals surface area contributed by atoms with Crippen molar-refractivity contribution in [2.24, 2.45) is 0 Å². The first-order valence-electron chi connectivity index (χ1n) is 3.86. The summed E-state index contributed by atoms with van der Waals surface area (Å²) in [5, 5.41) is 0.257. The van der Waals surface area contributed by atoms with E-state index in [-0.39, 0.29) is 11.2 Å². The molecule has 0 aliphatic heterocycles. The highest BCUT2D eigenvalue weighted by Crippen LogP contribution is 2.09. The number of rotatable bonds is 3. The predicted molar refractivity (Wildman–Crippen MR) is 49.1 cm³/mol. The summed E-state index contributed by atoms with van der Waals surface area (Å²) in [7, 11) is 1.28. The molecule has 0 spiro atoms. The standard InChI is InChI=1S/C8H9ClN2O3/c1-5(7(12)13-2)14-8-10-4-3-6(9)11-8/h3-5H,1-2H3. The van der Waals surface area contributed by atoms with Crippen molar-refractivity contribution in [3.63, 3.8) is 0 Å². The number of methoxy groups -OCH3 is 1. The molecule has 0 aliphatic rings. The van der Waals surface area contributed by atoms with Gasteiger partial charge in [0.05, 0.1) is 7.11 Å². The first kappa shape index (κ1) is 10.7. The van der Waals surface area contributed by atoms with E-state index in [1.165, 1.54) is 26.3 Å². The molecule has 1 rings (SSSR count).